The molecule has 11 heteroatoms. The number of rotatable bonds is 6. The fourth-order valence-corrected chi connectivity index (χ4v) is 3.86. The second-order valence-corrected chi connectivity index (χ2v) is 8.43. The molecule has 2 aromatic heterocycles. The summed E-state index contributed by atoms with van der Waals surface area (Å²) in [4.78, 5) is 28.2. The summed E-state index contributed by atoms with van der Waals surface area (Å²) in [6.45, 7) is 1.82. The average Bonchev–Trinajstić information content (AvgIpc) is 3.53. The Morgan fingerprint density at radius 2 is 1.97 bits per heavy atom. The molecule has 1 aliphatic carbocycles. The number of hydrogen-bond donors (Lipinski definition) is 4. The van der Waals surface area contributed by atoms with E-state index in [-0.39, 0.29) is 5.70 Å². The van der Waals surface area contributed by atoms with E-state index in [1.807, 2.05) is 24.3 Å². The number of aromatic nitrogens is 3. The minimum atomic E-state index is -0.547. The molecule has 34 heavy (non-hydrogen) atoms. The lowest BCUT2D eigenvalue weighted by Gasteiger charge is -2.13. The van der Waals surface area contributed by atoms with Crippen LogP contribution < -0.4 is 30.7 Å². The third-order valence-corrected chi connectivity index (χ3v) is 5.73. The van der Waals surface area contributed by atoms with Gasteiger partial charge >= 0.3 is 6.03 Å². The summed E-state index contributed by atoms with van der Waals surface area (Å²) in [5.74, 6) is 2.49. The highest BCUT2D eigenvalue weighted by molar-refractivity contribution is 6.14. The Balaban J connectivity index is 1.30. The van der Waals surface area contributed by atoms with Crippen LogP contribution in [0.1, 0.15) is 30.4 Å². The van der Waals surface area contributed by atoms with Crippen LogP contribution >= 0.6 is 0 Å². The lowest BCUT2D eigenvalue weighted by molar-refractivity contribution is -0.115. The summed E-state index contributed by atoms with van der Waals surface area (Å²) < 4.78 is 13.2. The Kier molecular flexibility index (Phi) is 4.93. The third kappa shape index (κ3) is 4.07. The van der Waals surface area contributed by atoms with Crippen molar-refractivity contribution in [1.29, 1.82) is 0 Å². The van der Waals surface area contributed by atoms with E-state index in [0.717, 1.165) is 42.1 Å². The van der Waals surface area contributed by atoms with Crippen LogP contribution in [0.2, 0.25) is 0 Å². The maximum absolute atomic E-state index is 12.0. The van der Waals surface area contributed by atoms with Crippen molar-refractivity contribution < 1.29 is 19.1 Å². The lowest BCUT2D eigenvalue weighted by atomic mass is 10.2. The van der Waals surface area contributed by atoms with E-state index < -0.39 is 11.9 Å². The van der Waals surface area contributed by atoms with Crippen LogP contribution in [0.4, 0.5) is 16.4 Å². The summed E-state index contributed by atoms with van der Waals surface area (Å²) in [6.07, 6.45) is 6.27. The zero-order valence-corrected chi connectivity index (χ0v) is 18.3. The monoisotopic (exact) mass is 461 g/mol. The minimum absolute atomic E-state index is 0.156. The Bertz CT molecular complexity index is 1330. The maximum atomic E-state index is 12.0. The van der Waals surface area contributed by atoms with E-state index in [1.54, 1.807) is 16.8 Å². The summed E-state index contributed by atoms with van der Waals surface area (Å²) in [6, 6.07) is 7.68. The van der Waals surface area contributed by atoms with E-state index >= 15 is 0 Å². The van der Waals surface area contributed by atoms with Gasteiger partial charge in [-0.1, -0.05) is 6.07 Å². The van der Waals surface area contributed by atoms with Crippen molar-refractivity contribution in [2.24, 2.45) is 0 Å². The first kappa shape index (κ1) is 20.3. The smallest absolute Gasteiger partial charge is 0.326 e. The Morgan fingerprint density at radius 1 is 1.12 bits per heavy atom. The van der Waals surface area contributed by atoms with Crippen LogP contribution in [-0.2, 0) is 11.3 Å². The number of urea groups is 1. The molecule has 2 fully saturated rings. The maximum Gasteiger partial charge on any atom is 0.326 e. The minimum Gasteiger partial charge on any atom is -0.490 e. The number of carbonyl (C=O) groups is 2. The van der Waals surface area contributed by atoms with Crippen LogP contribution in [0.5, 0.6) is 11.5 Å². The fourth-order valence-electron chi connectivity index (χ4n) is 3.86. The highest BCUT2D eigenvalue weighted by atomic mass is 16.5. The zero-order chi connectivity index (χ0) is 23.1. The van der Waals surface area contributed by atoms with Gasteiger partial charge in [-0.2, -0.15) is 9.61 Å². The van der Waals surface area contributed by atoms with Gasteiger partial charge in [0.2, 0.25) is 0 Å². The molecule has 0 bridgehead atoms. The van der Waals surface area contributed by atoms with E-state index in [4.69, 9.17) is 14.5 Å². The quantitative estimate of drug-likeness (QED) is 0.325. The second-order valence-electron chi connectivity index (χ2n) is 8.43. The fraction of sp³-hybridized carbons (Fsp3) is 0.304. The normalized spacial score (nSPS) is 18.5. The molecule has 1 saturated heterocycles. The Hall–Kier alpha value is -4.28. The summed E-state index contributed by atoms with van der Waals surface area (Å²) in [5, 5.41) is 16.0. The van der Waals surface area contributed by atoms with Crippen molar-refractivity contribution in [3.8, 4) is 11.5 Å². The van der Waals surface area contributed by atoms with Crippen molar-refractivity contribution in [3.05, 3.63) is 47.3 Å². The molecule has 4 N–H and O–H groups in total. The molecule has 0 radical (unpaired) electrons. The van der Waals surface area contributed by atoms with Crippen LogP contribution in [0, 0.1) is 0 Å². The number of imide groups is 1. The number of carbonyl (C=O) groups excluding carboxylic acids is 2. The van der Waals surface area contributed by atoms with E-state index in [0.29, 0.717) is 42.8 Å². The number of benzene rings is 1. The predicted molar refractivity (Wildman–Crippen MR) is 124 cm³/mol. The van der Waals surface area contributed by atoms with Gasteiger partial charge in [-0.3, -0.25) is 10.1 Å². The number of anilines is 2. The molecule has 174 valence electrons. The second kappa shape index (κ2) is 8.25. The number of fused-ring (bicyclic) bond motifs is 2. The van der Waals surface area contributed by atoms with Crippen molar-refractivity contribution in [2.45, 2.75) is 31.8 Å². The third-order valence-electron chi connectivity index (χ3n) is 5.73. The molecular weight excluding hydrogens is 438 g/mol. The molecule has 0 atom stereocenters. The van der Waals surface area contributed by atoms with Gasteiger partial charge < -0.3 is 25.4 Å². The van der Waals surface area contributed by atoms with Gasteiger partial charge in [0.25, 0.3) is 5.91 Å². The first-order chi connectivity index (χ1) is 16.6. The molecule has 0 unspecified atom stereocenters. The first-order valence-corrected chi connectivity index (χ1v) is 11.2. The first-order valence-electron chi connectivity index (χ1n) is 11.2. The van der Waals surface area contributed by atoms with Crippen LogP contribution in [0.3, 0.4) is 0 Å². The number of hydrogen-bond acceptors (Lipinski definition) is 8. The number of nitrogens with zero attached hydrogens (tertiary/aromatic N) is 3. The molecule has 1 saturated carbocycles. The van der Waals surface area contributed by atoms with Gasteiger partial charge in [0.1, 0.15) is 17.3 Å². The van der Waals surface area contributed by atoms with Gasteiger partial charge in [0, 0.05) is 30.6 Å². The Labute approximate surface area is 194 Å². The molecule has 3 amide bonds. The van der Waals surface area contributed by atoms with Crippen LogP contribution in [0.15, 0.2) is 36.2 Å². The van der Waals surface area contributed by atoms with E-state index in [1.165, 1.54) is 0 Å². The van der Waals surface area contributed by atoms with Crippen molar-refractivity contribution >= 4 is 35.3 Å². The molecule has 0 spiro atoms. The van der Waals surface area contributed by atoms with E-state index in [9.17, 15) is 9.59 Å². The highest BCUT2D eigenvalue weighted by Gasteiger charge is 2.25. The standard InChI is InChI=1S/C23H23N7O4/c31-22-16(27-23(32)29-22)9-14-12-25-30-20(26-15-3-4-15)10-19(28-21(14)30)24-11-13-2-5-17-18(8-13)34-7-1-6-33-17/h2,5,8-10,12,15,26H,1,3-4,6-7,11H2,(H,24,28)(H2,27,29,31,32)/b16-9-. The Morgan fingerprint density at radius 3 is 2.76 bits per heavy atom. The van der Waals surface area contributed by atoms with Gasteiger partial charge in [-0.15, -0.1) is 0 Å². The van der Waals surface area contributed by atoms with Crippen molar-refractivity contribution in [2.75, 3.05) is 23.8 Å². The van der Waals surface area contributed by atoms with Crippen molar-refractivity contribution in [1.82, 2.24) is 25.2 Å². The topological polar surface area (TPSA) is 131 Å². The predicted octanol–water partition coefficient (Wildman–Crippen LogP) is 2.26. The average molecular weight is 461 g/mol. The molecular formula is C23H23N7O4. The summed E-state index contributed by atoms with van der Waals surface area (Å²) in [5.41, 5.74) is 2.37. The highest BCUT2D eigenvalue weighted by Crippen LogP contribution is 2.31. The van der Waals surface area contributed by atoms with Gasteiger partial charge in [0.05, 0.1) is 19.4 Å². The van der Waals surface area contributed by atoms with Gasteiger partial charge in [-0.05, 0) is 36.6 Å². The van der Waals surface area contributed by atoms with Crippen LogP contribution in [0.25, 0.3) is 11.7 Å². The summed E-state index contributed by atoms with van der Waals surface area (Å²) in [7, 11) is 0. The molecule has 3 aromatic rings. The summed E-state index contributed by atoms with van der Waals surface area (Å²) >= 11 is 0. The molecule has 1 aromatic carbocycles. The molecule has 3 aliphatic rings. The van der Waals surface area contributed by atoms with Gasteiger partial charge in [0.15, 0.2) is 17.1 Å². The zero-order valence-electron chi connectivity index (χ0n) is 18.3. The molecule has 2 aliphatic heterocycles. The van der Waals surface area contributed by atoms with Gasteiger partial charge in [-0.25, -0.2) is 9.78 Å². The lowest BCUT2D eigenvalue weighted by Crippen LogP contribution is -2.22. The van der Waals surface area contributed by atoms with Crippen molar-refractivity contribution in [3.63, 3.8) is 0 Å². The van der Waals surface area contributed by atoms with Crippen LogP contribution in [-0.4, -0.2) is 45.8 Å². The van der Waals surface area contributed by atoms with E-state index in [2.05, 4.69) is 26.4 Å². The largest absolute Gasteiger partial charge is 0.490 e. The number of nitrogens with one attached hydrogen (secondary N) is 4. The number of amides is 3. The number of ether oxygens (including phenoxy) is 2. The molecule has 6 rings (SSSR count). The SMILES string of the molecule is O=C1NC(=O)/C(=C/c2cnn3c(NC4CC4)cc(NCc4ccc5c(c4)OCCCO5)nc23)N1. The molecule has 4 heterocycles. The molecule has 11 nitrogen and oxygen atoms in total.